The van der Waals surface area contributed by atoms with Crippen LogP contribution in [0, 0.1) is 10.1 Å². The first-order valence-corrected chi connectivity index (χ1v) is 6.19. The number of hydrogen-bond acceptors (Lipinski definition) is 6. The molecule has 1 rings (SSSR count). The van der Waals surface area contributed by atoms with E-state index in [0.717, 1.165) is 0 Å². The molecule has 0 aromatic heterocycles. The van der Waals surface area contributed by atoms with Crippen molar-refractivity contribution in [2.45, 2.75) is 11.3 Å². The number of aliphatic hydroxyl groups excluding tert-OH is 1. The minimum absolute atomic E-state index is 0.0253. The summed E-state index contributed by atoms with van der Waals surface area (Å²) in [4.78, 5) is 22.1. The van der Waals surface area contributed by atoms with Crippen LogP contribution in [0.4, 0.5) is 5.69 Å². The van der Waals surface area contributed by atoms with E-state index in [1.54, 1.807) is 0 Å². The Kier molecular flexibility index (Phi) is 5.60. The van der Waals surface area contributed by atoms with Crippen LogP contribution in [0.25, 0.3) is 0 Å². The van der Waals surface area contributed by atoms with Gasteiger partial charge in [0, 0.05) is 18.4 Å². The molecule has 1 aromatic carbocycles. The summed E-state index contributed by atoms with van der Waals surface area (Å²) in [5.41, 5.74) is 0.222. The predicted octanol–water partition coefficient (Wildman–Crippen LogP) is 1.86. The van der Waals surface area contributed by atoms with Crippen LogP contribution in [0.2, 0.25) is 0 Å². The van der Waals surface area contributed by atoms with Crippen molar-refractivity contribution < 1.29 is 19.6 Å². The van der Waals surface area contributed by atoms with Gasteiger partial charge in [-0.1, -0.05) is 0 Å². The van der Waals surface area contributed by atoms with Crippen molar-refractivity contribution in [3.63, 3.8) is 0 Å². The number of carbonyl (C=O) groups excluding carboxylic acids is 1. The number of rotatable bonds is 6. The van der Waals surface area contributed by atoms with Crippen LogP contribution in [-0.2, 0) is 4.74 Å². The second kappa shape index (κ2) is 6.97. The maximum Gasteiger partial charge on any atom is 0.337 e. The normalized spacial score (nSPS) is 10.1. The summed E-state index contributed by atoms with van der Waals surface area (Å²) in [6.07, 6.45) is 0.532. The van der Waals surface area contributed by atoms with Gasteiger partial charge in [-0.05, 0) is 18.6 Å². The van der Waals surface area contributed by atoms with E-state index in [9.17, 15) is 14.9 Å². The summed E-state index contributed by atoms with van der Waals surface area (Å²) >= 11 is 1.23. The third-order valence-electron chi connectivity index (χ3n) is 2.14. The summed E-state index contributed by atoms with van der Waals surface area (Å²) < 4.78 is 4.56. The van der Waals surface area contributed by atoms with Gasteiger partial charge < -0.3 is 9.84 Å². The van der Waals surface area contributed by atoms with Crippen LogP contribution < -0.4 is 0 Å². The summed E-state index contributed by atoms with van der Waals surface area (Å²) in [6, 6.07) is 4.08. The van der Waals surface area contributed by atoms with Crippen LogP contribution >= 0.6 is 11.8 Å². The number of thioether (sulfide) groups is 1. The zero-order valence-corrected chi connectivity index (χ0v) is 10.6. The van der Waals surface area contributed by atoms with Gasteiger partial charge in [-0.3, -0.25) is 10.1 Å². The number of esters is 1. The standard InChI is InChI=1S/C11H13NO5S/c1-17-11(14)8-3-4-9(12(15)16)10(7-8)18-6-2-5-13/h3-4,7,13H,2,5-6H2,1H3. The average molecular weight is 271 g/mol. The fourth-order valence-electron chi connectivity index (χ4n) is 1.27. The number of hydrogen-bond donors (Lipinski definition) is 1. The Morgan fingerprint density at radius 1 is 1.56 bits per heavy atom. The zero-order chi connectivity index (χ0) is 13.5. The van der Waals surface area contributed by atoms with Gasteiger partial charge >= 0.3 is 5.97 Å². The maximum absolute atomic E-state index is 11.3. The lowest BCUT2D eigenvalue weighted by Gasteiger charge is -2.05. The summed E-state index contributed by atoms with van der Waals surface area (Å²) in [6.45, 7) is 0.0253. The zero-order valence-electron chi connectivity index (χ0n) is 9.79. The first kappa shape index (κ1) is 14.5. The van der Waals surface area contributed by atoms with Crippen LogP contribution in [0.3, 0.4) is 0 Å². The Morgan fingerprint density at radius 2 is 2.28 bits per heavy atom. The van der Waals surface area contributed by atoms with E-state index in [4.69, 9.17) is 5.11 Å². The molecule has 0 aliphatic rings. The highest BCUT2D eigenvalue weighted by Gasteiger charge is 2.17. The lowest BCUT2D eigenvalue weighted by atomic mass is 10.2. The molecule has 0 aliphatic carbocycles. The van der Waals surface area contributed by atoms with E-state index >= 15 is 0 Å². The van der Waals surface area contributed by atoms with Crippen molar-refractivity contribution in [3.8, 4) is 0 Å². The maximum atomic E-state index is 11.3. The van der Waals surface area contributed by atoms with Gasteiger partial charge in [0.1, 0.15) is 0 Å². The van der Waals surface area contributed by atoms with Crippen molar-refractivity contribution in [2.75, 3.05) is 19.5 Å². The first-order chi connectivity index (χ1) is 8.60. The van der Waals surface area contributed by atoms with Crippen LogP contribution in [-0.4, -0.2) is 35.5 Å². The summed E-state index contributed by atoms with van der Waals surface area (Å²) in [7, 11) is 1.25. The SMILES string of the molecule is COC(=O)c1ccc([N+](=O)[O-])c(SCCCO)c1. The number of benzene rings is 1. The predicted molar refractivity (Wildman–Crippen MR) is 66.9 cm³/mol. The summed E-state index contributed by atoms with van der Waals surface area (Å²) in [5, 5.41) is 19.5. The number of carbonyl (C=O) groups is 1. The van der Waals surface area contributed by atoms with Crippen molar-refractivity contribution in [1.82, 2.24) is 0 Å². The molecule has 0 spiro atoms. The van der Waals surface area contributed by atoms with E-state index < -0.39 is 10.9 Å². The van der Waals surface area contributed by atoms with E-state index in [1.165, 1.54) is 37.1 Å². The number of methoxy groups -OCH3 is 1. The minimum Gasteiger partial charge on any atom is -0.465 e. The van der Waals surface area contributed by atoms with Gasteiger partial charge in [0.15, 0.2) is 0 Å². The lowest BCUT2D eigenvalue weighted by Crippen LogP contribution is -2.02. The Morgan fingerprint density at radius 3 is 2.83 bits per heavy atom. The van der Waals surface area contributed by atoms with Gasteiger partial charge in [-0.2, -0.15) is 0 Å². The number of nitro benzene ring substituents is 1. The highest BCUT2D eigenvalue weighted by atomic mass is 32.2. The molecule has 0 bridgehead atoms. The van der Waals surface area contributed by atoms with E-state index in [-0.39, 0.29) is 17.9 Å². The Balaban J connectivity index is 2.99. The van der Waals surface area contributed by atoms with E-state index in [0.29, 0.717) is 17.1 Å². The van der Waals surface area contributed by atoms with E-state index in [2.05, 4.69) is 4.74 Å². The molecule has 0 heterocycles. The Hall–Kier alpha value is -1.60. The van der Waals surface area contributed by atoms with Crippen LogP contribution in [0.1, 0.15) is 16.8 Å². The second-order valence-corrected chi connectivity index (χ2v) is 4.49. The van der Waals surface area contributed by atoms with Crippen molar-refractivity contribution in [3.05, 3.63) is 33.9 Å². The van der Waals surface area contributed by atoms with Crippen LogP contribution in [0.5, 0.6) is 0 Å². The molecular formula is C11H13NO5S. The van der Waals surface area contributed by atoms with E-state index in [1.807, 2.05) is 0 Å². The molecule has 1 aromatic rings. The molecule has 98 valence electrons. The molecule has 0 radical (unpaired) electrons. The molecule has 7 heteroatoms. The van der Waals surface area contributed by atoms with Gasteiger partial charge in [-0.25, -0.2) is 4.79 Å². The molecule has 1 N–H and O–H groups in total. The van der Waals surface area contributed by atoms with Crippen LogP contribution in [0.15, 0.2) is 23.1 Å². The third-order valence-corrected chi connectivity index (χ3v) is 3.27. The second-order valence-electron chi connectivity index (χ2n) is 3.36. The number of ether oxygens (including phenoxy) is 1. The highest BCUT2D eigenvalue weighted by Crippen LogP contribution is 2.30. The lowest BCUT2D eigenvalue weighted by molar-refractivity contribution is -0.387. The molecule has 0 atom stereocenters. The number of aliphatic hydroxyl groups is 1. The van der Waals surface area contributed by atoms with Gasteiger partial charge in [-0.15, -0.1) is 11.8 Å². The molecule has 0 fully saturated rings. The molecule has 18 heavy (non-hydrogen) atoms. The molecular weight excluding hydrogens is 258 g/mol. The van der Waals surface area contributed by atoms with Gasteiger partial charge in [0.05, 0.1) is 22.5 Å². The largest absolute Gasteiger partial charge is 0.465 e. The smallest absolute Gasteiger partial charge is 0.337 e. The van der Waals surface area contributed by atoms with Crippen molar-refractivity contribution >= 4 is 23.4 Å². The minimum atomic E-state index is -0.533. The molecule has 0 saturated carbocycles. The molecule has 0 unspecified atom stereocenters. The van der Waals surface area contributed by atoms with Crippen molar-refractivity contribution in [2.24, 2.45) is 0 Å². The molecule has 0 saturated heterocycles. The summed E-state index contributed by atoms with van der Waals surface area (Å²) in [5.74, 6) is 0.0102. The molecule has 6 nitrogen and oxygen atoms in total. The van der Waals surface area contributed by atoms with Gasteiger partial charge in [0.25, 0.3) is 5.69 Å². The highest BCUT2D eigenvalue weighted by molar-refractivity contribution is 7.99. The third kappa shape index (κ3) is 3.71. The van der Waals surface area contributed by atoms with Gasteiger partial charge in [0.2, 0.25) is 0 Å². The average Bonchev–Trinajstić information content (AvgIpc) is 2.37. The molecule has 0 aliphatic heterocycles. The Bertz CT molecular complexity index is 449. The monoisotopic (exact) mass is 271 g/mol. The topological polar surface area (TPSA) is 89.7 Å². The number of nitrogens with zero attached hydrogens (tertiary/aromatic N) is 1. The fourth-order valence-corrected chi connectivity index (χ4v) is 2.27. The first-order valence-electron chi connectivity index (χ1n) is 5.20. The number of nitro groups is 1. The van der Waals surface area contributed by atoms with Crippen molar-refractivity contribution in [1.29, 1.82) is 0 Å². The quantitative estimate of drug-likeness (QED) is 0.279. The fraction of sp³-hybridized carbons (Fsp3) is 0.364. The molecule has 0 amide bonds. The Labute approximate surface area is 108 Å².